The fourth-order valence-electron chi connectivity index (χ4n) is 1.55. The largest absolute Gasteiger partial charge is 0.481 e. The van der Waals surface area contributed by atoms with Crippen LogP contribution in [0.15, 0.2) is 16.6 Å². The van der Waals surface area contributed by atoms with E-state index in [1.54, 1.807) is 6.92 Å². The fraction of sp³-hybridized carbons (Fsp3) is 0.385. The molecule has 5 nitrogen and oxygen atoms in total. The molecular weight excluding hydrogens is 331 g/mol. The first-order valence-electron chi connectivity index (χ1n) is 6.12. The lowest BCUT2D eigenvalue weighted by Crippen LogP contribution is -2.29. The van der Waals surface area contributed by atoms with Crippen molar-refractivity contribution in [3.05, 3.63) is 28.0 Å². The van der Waals surface area contributed by atoms with Crippen LogP contribution < -0.4 is 10.6 Å². The maximum Gasteiger partial charge on any atom is 0.319 e. The quantitative estimate of drug-likeness (QED) is 0.691. The van der Waals surface area contributed by atoms with Crippen LogP contribution in [0, 0.1) is 12.7 Å². The zero-order valence-electron chi connectivity index (χ0n) is 11.0. The number of carbonyl (C=O) groups is 2. The molecule has 2 amide bonds. The van der Waals surface area contributed by atoms with Gasteiger partial charge < -0.3 is 15.7 Å². The molecule has 0 aromatic heterocycles. The summed E-state index contributed by atoms with van der Waals surface area (Å²) in [4.78, 5) is 21.9. The second-order valence-electron chi connectivity index (χ2n) is 4.31. The van der Waals surface area contributed by atoms with Crippen molar-refractivity contribution in [1.29, 1.82) is 0 Å². The Morgan fingerprint density at radius 2 is 2.05 bits per heavy atom. The van der Waals surface area contributed by atoms with E-state index >= 15 is 0 Å². The average molecular weight is 347 g/mol. The third kappa shape index (κ3) is 5.56. The van der Waals surface area contributed by atoms with Gasteiger partial charge in [0.15, 0.2) is 0 Å². The molecular formula is C13H16BrFN2O3. The molecule has 1 rings (SSSR count). The number of carboxylic acid groups (broad SMARTS) is 1. The Morgan fingerprint density at radius 3 is 2.70 bits per heavy atom. The lowest BCUT2D eigenvalue weighted by atomic mass is 10.2. The number of unbranched alkanes of at least 4 members (excludes halogenated alkanes) is 1. The molecule has 0 bridgehead atoms. The summed E-state index contributed by atoms with van der Waals surface area (Å²) in [6.45, 7) is 2.08. The number of carboxylic acids is 1. The summed E-state index contributed by atoms with van der Waals surface area (Å²) in [5, 5.41) is 13.7. The van der Waals surface area contributed by atoms with Crippen molar-refractivity contribution in [3.8, 4) is 0 Å². The molecule has 0 fully saturated rings. The smallest absolute Gasteiger partial charge is 0.319 e. The second kappa shape index (κ2) is 7.84. The van der Waals surface area contributed by atoms with Crippen molar-refractivity contribution in [2.75, 3.05) is 11.9 Å². The van der Waals surface area contributed by atoms with Crippen LogP contribution >= 0.6 is 15.9 Å². The Morgan fingerprint density at radius 1 is 1.35 bits per heavy atom. The van der Waals surface area contributed by atoms with Gasteiger partial charge in [0, 0.05) is 18.7 Å². The molecule has 0 saturated heterocycles. The molecule has 110 valence electrons. The summed E-state index contributed by atoms with van der Waals surface area (Å²) in [5.41, 5.74) is 1.13. The number of nitrogens with one attached hydrogen (secondary N) is 2. The van der Waals surface area contributed by atoms with E-state index in [4.69, 9.17) is 5.11 Å². The van der Waals surface area contributed by atoms with Gasteiger partial charge in [-0.15, -0.1) is 0 Å². The van der Waals surface area contributed by atoms with Crippen LogP contribution in [0.5, 0.6) is 0 Å². The standard InChI is InChI=1S/C13H16BrFN2O3/c1-8-6-10(15)9(14)7-11(8)17-13(20)16-5-3-2-4-12(18)19/h6-7H,2-5H2,1H3,(H,18,19)(H2,16,17,20). The fourth-order valence-corrected chi connectivity index (χ4v) is 1.89. The minimum atomic E-state index is -0.846. The van der Waals surface area contributed by atoms with E-state index in [9.17, 15) is 14.0 Å². The van der Waals surface area contributed by atoms with Crippen molar-refractivity contribution < 1.29 is 19.1 Å². The summed E-state index contributed by atoms with van der Waals surface area (Å²) in [5.74, 6) is -1.23. The first-order valence-corrected chi connectivity index (χ1v) is 6.91. The summed E-state index contributed by atoms with van der Waals surface area (Å²) in [6, 6.07) is 2.42. The molecule has 0 aliphatic carbocycles. The summed E-state index contributed by atoms with van der Waals surface area (Å²) in [6.07, 6.45) is 1.19. The zero-order chi connectivity index (χ0) is 15.1. The Hall–Kier alpha value is -1.63. The normalized spacial score (nSPS) is 10.2. The van der Waals surface area contributed by atoms with E-state index in [2.05, 4.69) is 26.6 Å². The number of anilines is 1. The van der Waals surface area contributed by atoms with Gasteiger partial charge in [0.05, 0.1) is 4.47 Å². The monoisotopic (exact) mass is 346 g/mol. The molecule has 0 radical (unpaired) electrons. The second-order valence-corrected chi connectivity index (χ2v) is 5.17. The lowest BCUT2D eigenvalue weighted by Gasteiger charge is -2.10. The number of benzene rings is 1. The highest BCUT2D eigenvalue weighted by Gasteiger charge is 2.08. The van der Waals surface area contributed by atoms with Crippen LogP contribution in [0.1, 0.15) is 24.8 Å². The predicted octanol–water partition coefficient (Wildman–Crippen LogP) is 3.27. The molecule has 0 aliphatic rings. The van der Waals surface area contributed by atoms with Crippen molar-refractivity contribution in [1.82, 2.24) is 5.32 Å². The molecule has 0 unspecified atom stereocenters. The van der Waals surface area contributed by atoms with Crippen LogP contribution in [0.25, 0.3) is 0 Å². The highest BCUT2D eigenvalue weighted by Crippen LogP contribution is 2.24. The van der Waals surface area contributed by atoms with E-state index < -0.39 is 12.0 Å². The molecule has 3 N–H and O–H groups in total. The lowest BCUT2D eigenvalue weighted by molar-refractivity contribution is -0.137. The summed E-state index contributed by atoms with van der Waals surface area (Å²) < 4.78 is 13.5. The van der Waals surface area contributed by atoms with Crippen LogP contribution in [-0.2, 0) is 4.79 Å². The zero-order valence-corrected chi connectivity index (χ0v) is 12.6. The number of aliphatic carboxylic acids is 1. The van der Waals surface area contributed by atoms with E-state index in [-0.39, 0.29) is 16.7 Å². The number of urea groups is 1. The number of halogens is 2. The first kappa shape index (κ1) is 16.4. The molecule has 1 aromatic rings. The Kier molecular flexibility index (Phi) is 6.44. The first-order chi connectivity index (χ1) is 9.40. The molecule has 0 saturated carbocycles. The number of carbonyl (C=O) groups excluding carboxylic acids is 1. The number of amides is 2. The van der Waals surface area contributed by atoms with E-state index in [1.165, 1.54) is 12.1 Å². The molecule has 7 heteroatoms. The molecule has 0 atom stereocenters. The minimum absolute atomic E-state index is 0.0906. The van der Waals surface area contributed by atoms with E-state index in [0.717, 1.165) is 0 Å². The van der Waals surface area contributed by atoms with Gasteiger partial charge in [0.2, 0.25) is 0 Å². The average Bonchev–Trinajstić information content (AvgIpc) is 2.35. The number of hydrogen-bond donors (Lipinski definition) is 3. The van der Waals surface area contributed by atoms with Crippen molar-refractivity contribution in [2.24, 2.45) is 0 Å². The maximum atomic E-state index is 13.2. The van der Waals surface area contributed by atoms with Crippen LogP contribution in [-0.4, -0.2) is 23.7 Å². The molecule has 0 spiro atoms. The third-order valence-electron chi connectivity index (χ3n) is 2.62. The van der Waals surface area contributed by atoms with Gasteiger partial charge in [-0.1, -0.05) is 0 Å². The van der Waals surface area contributed by atoms with Gasteiger partial charge in [-0.25, -0.2) is 9.18 Å². The molecule has 20 heavy (non-hydrogen) atoms. The van der Waals surface area contributed by atoms with Gasteiger partial charge in [-0.3, -0.25) is 4.79 Å². The highest BCUT2D eigenvalue weighted by molar-refractivity contribution is 9.10. The van der Waals surface area contributed by atoms with Gasteiger partial charge >= 0.3 is 12.0 Å². The third-order valence-corrected chi connectivity index (χ3v) is 3.23. The van der Waals surface area contributed by atoms with E-state index in [0.29, 0.717) is 30.6 Å². The van der Waals surface area contributed by atoms with Crippen molar-refractivity contribution >= 4 is 33.6 Å². The van der Waals surface area contributed by atoms with Gasteiger partial charge in [-0.2, -0.15) is 0 Å². The van der Waals surface area contributed by atoms with E-state index in [1.807, 2.05) is 0 Å². The molecule has 0 aliphatic heterocycles. The van der Waals surface area contributed by atoms with Crippen molar-refractivity contribution in [2.45, 2.75) is 26.2 Å². The number of hydrogen-bond acceptors (Lipinski definition) is 2. The molecule has 1 aromatic carbocycles. The maximum absolute atomic E-state index is 13.2. The Labute approximate surface area is 124 Å². The number of rotatable bonds is 6. The molecule has 0 heterocycles. The van der Waals surface area contributed by atoms with Gasteiger partial charge in [0.25, 0.3) is 0 Å². The van der Waals surface area contributed by atoms with Crippen LogP contribution in [0.4, 0.5) is 14.9 Å². The predicted molar refractivity (Wildman–Crippen MR) is 77.3 cm³/mol. The van der Waals surface area contributed by atoms with Crippen molar-refractivity contribution in [3.63, 3.8) is 0 Å². The Balaban J connectivity index is 2.39. The summed E-state index contributed by atoms with van der Waals surface area (Å²) >= 11 is 3.05. The van der Waals surface area contributed by atoms with Gasteiger partial charge in [0.1, 0.15) is 5.82 Å². The minimum Gasteiger partial charge on any atom is -0.481 e. The van der Waals surface area contributed by atoms with Gasteiger partial charge in [-0.05, 0) is 53.4 Å². The SMILES string of the molecule is Cc1cc(F)c(Br)cc1NC(=O)NCCCCC(=O)O. The number of aryl methyl sites for hydroxylation is 1. The van der Waals surface area contributed by atoms with Crippen LogP contribution in [0.2, 0.25) is 0 Å². The topological polar surface area (TPSA) is 78.4 Å². The summed E-state index contributed by atoms with van der Waals surface area (Å²) in [7, 11) is 0. The Bertz CT molecular complexity index is 509. The van der Waals surface area contributed by atoms with Crippen LogP contribution in [0.3, 0.4) is 0 Å². The highest BCUT2D eigenvalue weighted by atomic mass is 79.9.